The number of aromatic hydroxyl groups is 2. The summed E-state index contributed by atoms with van der Waals surface area (Å²) in [5.41, 5.74) is -0.280. The number of phenols is 1. The molecule has 5 aromatic rings. The minimum Gasteiger partial charge on any atom is -0.507 e. The van der Waals surface area contributed by atoms with Gasteiger partial charge in [-0.15, -0.1) is 0 Å². The Morgan fingerprint density at radius 1 is 0.800 bits per heavy atom. The Kier molecular flexibility index (Phi) is 6.46. The summed E-state index contributed by atoms with van der Waals surface area (Å²) in [5.74, 6) is -1.06. The van der Waals surface area contributed by atoms with E-state index in [9.17, 15) is 40.9 Å². The molecule has 0 amide bonds. The fraction of sp³-hybridized carbons (Fsp3) is 0.0370. The first kappa shape index (κ1) is 27.0. The number of benzene rings is 4. The summed E-state index contributed by atoms with van der Waals surface area (Å²) in [6.07, 6.45) is 0. The van der Waals surface area contributed by atoms with E-state index >= 15 is 0 Å². The second-order valence-electron chi connectivity index (χ2n) is 8.85. The molecule has 1 aromatic heterocycles. The standard InChI is InChI=1S/C27H20N2O9S2/c1-15(24-26(31)20-9-5-6-10-22(20)29(27(24)32)17-7-3-2-4-8-17)28-21-13-18(39(33,34)35)11-16-12-19(40(36,37)38)14-23(30)25(16)21/h2-14,30-31H,1H3,(H,33,34,35)(H,36,37,38). The molecule has 5 rings (SSSR count). The average Bonchev–Trinajstić information content (AvgIpc) is 2.88. The monoisotopic (exact) mass is 580 g/mol. The van der Waals surface area contributed by atoms with Gasteiger partial charge in [-0.05, 0) is 54.8 Å². The Bertz CT molecular complexity index is 2150. The van der Waals surface area contributed by atoms with Crippen molar-refractivity contribution in [2.75, 3.05) is 0 Å². The molecule has 0 radical (unpaired) electrons. The van der Waals surface area contributed by atoms with Crippen molar-refractivity contribution in [2.24, 2.45) is 4.99 Å². The van der Waals surface area contributed by atoms with Crippen molar-refractivity contribution in [3.05, 3.63) is 94.8 Å². The SMILES string of the molecule is CC(=Nc1cc(S(=O)(=O)O)cc2cc(S(=O)(=O)O)cc(O)c12)c1c(O)c2ccccc2n(-c2ccccc2)c1=O. The number of fused-ring (bicyclic) bond motifs is 2. The van der Waals surface area contributed by atoms with Gasteiger partial charge in [0.15, 0.2) is 0 Å². The molecule has 0 fully saturated rings. The number of hydrogen-bond acceptors (Lipinski definition) is 8. The van der Waals surface area contributed by atoms with Crippen molar-refractivity contribution in [1.82, 2.24) is 4.57 Å². The number of phenolic OH excluding ortho intramolecular Hbond substituents is 1. The summed E-state index contributed by atoms with van der Waals surface area (Å²) >= 11 is 0. The van der Waals surface area contributed by atoms with Crippen LogP contribution in [-0.4, -0.2) is 46.4 Å². The van der Waals surface area contributed by atoms with E-state index < -0.39 is 41.3 Å². The molecule has 204 valence electrons. The zero-order valence-electron chi connectivity index (χ0n) is 20.5. The van der Waals surface area contributed by atoms with Crippen LogP contribution in [0.2, 0.25) is 0 Å². The van der Waals surface area contributed by atoms with Gasteiger partial charge in [-0.25, -0.2) is 0 Å². The molecular formula is C27H20N2O9S2. The number of hydrogen-bond donors (Lipinski definition) is 4. The Labute approximate surface area is 227 Å². The summed E-state index contributed by atoms with van der Waals surface area (Å²) in [4.78, 5) is 16.7. The molecule has 0 saturated heterocycles. The zero-order chi connectivity index (χ0) is 29.0. The fourth-order valence-electron chi connectivity index (χ4n) is 4.52. The summed E-state index contributed by atoms with van der Waals surface area (Å²) in [5, 5.41) is 21.8. The van der Waals surface area contributed by atoms with Crippen LogP contribution in [0.4, 0.5) is 5.69 Å². The third-order valence-electron chi connectivity index (χ3n) is 6.27. The third kappa shape index (κ3) is 4.71. The molecule has 0 unspecified atom stereocenters. The molecule has 13 heteroatoms. The number of rotatable bonds is 5. The minimum atomic E-state index is -4.84. The van der Waals surface area contributed by atoms with Crippen molar-refractivity contribution in [1.29, 1.82) is 0 Å². The molecule has 11 nitrogen and oxygen atoms in total. The predicted molar refractivity (Wildman–Crippen MR) is 148 cm³/mol. The first-order valence-corrected chi connectivity index (χ1v) is 14.4. The largest absolute Gasteiger partial charge is 0.507 e. The zero-order valence-corrected chi connectivity index (χ0v) is 22.2. The number of para-hydroxylation sites is 2. The molecule has 0 spiro atoms. The molecule has 4 aromatic carbocycles. The van der Waals surface area contributed by atoms with Gasteiger partial charge in [-0.3, -0.25) is 23.5 Å². The summed E-state index contributed by atoms with van der Waals surface area (Å²) < 4.78 is 67.8. The van der Waals surface area contributed by atoms with E-state index in [1.165, 1.54) is 11.5 Å². The van der Waals surface area contributed by atoms with Crippen LogP contribution in [0.3, 0.4) is 0 Å². The first-order chi connectivity index (χ1) is 18.8. The normalized spacial score (nSPS) is 12.7. The smallest absolute Gasteiger partial charge is 0.294 e. The Morgan fingerprint density at radius 3 is 2.00 bits per heavy atom. The van der Waals surface area contributed by atoms with E-state index in [4.69, 9.17) is 0 Å². The molecule has 0 bridgehead atoms. The van der Waals surface area contributed by atoms with Gasteiger partial charge in [0.25, 0.3) is 25.8 Å². The van der Waals surface area contributed by atoms with Gasteiger partial charge >= 0.3 is 0 Å². The first-order valence-electron chi connectivity index (χ1n) is 11.5. The molecule has 0 atom stereocenters. The van der Waals surface area contributed by atoms with E-state index in [1.807, 2.05) is 0 Å². The van der Waals surface area contributed by atoms with Gasteiger partial charge < -0.3 is 10.2 Å². The van der Waals surface area contributed by atoms with Crippen LogP contribution in [0.15, 0.2) is 98.4 Å². The second kappa shape index (κ2) is 9.57. The molecule has 0 aliphatic rings. The van der Waals surface area contributed by atoms with Gasteiger partial charge in [0.1, 0.15) is 17.1 Å². The molecule has 0 saturated carbocycles. The number of pyridine rings is 1. The van der Waals surface area contributed by atoms with Gasteiger partial charge in [0, 0.05) is 22.5 Å². The molecular weight excluding hydrogens is 560 g/mol. The Balaban J connectivity index is 1.86. The highest BCUT2D eigenvalue weighted by Gasteiger charge is 2.22. The fourth-order valence-corrected chi connectivity index (χ4v) is 5.60. The second-order valence-corrected chi connectivity index (χ2v) is 11.7. The van der Waals surface area contributed by atoms with Crippen molar-refractivity contribution in [3.8, 4) is 17.2 Å². The van der Waals surface area contributed by atoms with Crippen LogP contribution in [0.5, 0.6) is 11.5 Å². The van der Waals surface area contributed by atoms with E-state index in [1.54, 1.807) is 54.6 Å². The van der Waals surface area contributed by atoms with Crippen LogP contribution in [0.25, 0.3) is 27.4 Å². The van der Waals surface area contributed by atoms with Crippen molar-refractivity contribution in [2.45, 2.75) is 16.7 Å². The van der Waals surface area contributed by atoms with E-state index in [0.29, 0.717) is 16.6 Å². The maximum atomic E-state index is 13.8. The highest BCUT2D eigenvalue weighted by Crippen LogP contribution is 2.39. The van der Waals surface area contributed by atoms with Crippen molar-refractivity contribution < 1.29 is 36.2 Å². The van der Waals surface area contributed by atoms with Crippen LogP contribution >= 0.6 is 0 Å². The van der Waals surface area contributed by atoms with Crippen LogP contribution in [0.1, 0.15) is 12.5 Å². The number of nitrogens with zero attached hydrogens (tertiary/aromatic N) is 2. The van der Waals surface area contributed by atoms with Crippen molar-refractivity contribution in [3.63, 3.8) is 0 Å². The molecule has 40 heavy (non-hydrogen) atoms. The number of aliphatic imine (C=N–C) groups is 1. The number of aromatic nitrogens is 1. The molecule has 4 N–H and O–H groups in total. The lowest BCUT2D eigenvalue weighted by Gasteiger charge is -2.15. The Morgan fingerprint density at radius 2 is 1.38 bits per heavy atom. The summed E-state index contributed by atoms with van der Waals surface area (Å²) in [6, 6.07) is 18.8. The van der Waals surface area contributed by atoms with E-state index in [2.05, 4.69) is 4.99 Å². The van der Waals surface area contributed by atoms with Crippen LogP contribution < -0.4 is 5.56 Å². The maximum absolute atomic E-state index is 13.8. The molecule has 1 heterocycles. The topological polar surface area (TPSA) is 184 Å². The quantitative estimate of drug-likeness (QED) is 0.175. The van der Waals surface area contributed by atoms with Crippen LogP contribution in [-0.2, 0) is 20.2 Å². The lowest BCUT2D eigenvalue weighted by molar-refractivity contribution is 0.471. The summed E-state index contributed by atoms with van der Waals surface area (Å²) in [6.45, 7) is 1.39. The van der Waals surface area contributed by atoms with E-state index in [-0.39, 0.29) is 33.5 Å². The maximum Gasteiger partial charge on any atom is 0.294 e. The lowest BCUT2D eigenvalue weighted by atomic mass is 10.0. The van der Waals surface area contributed by atoms with E-state index in [0.717, 1.165) is 24.3 Å². The average molecular weight is 581 g/mol. The highest BCUT2D eigenvalue weighted by atomic mass is 32.2. The molecule has 0 aliphatic heterocycles. The van der Waals surface area contributed by atoms with Gasteiger partial charge in [-0.1, -0.05) is 30.3 Å². The Hall–Kier alpha value is -4.56. The lowest BCUT2D eigenvalue weighted by Crippen LogP contribution is -2.25. The summed E-state index contributed by atoms with van der Waals surface area (Å²) in [7, 11) is -9.64. The van der Waals surface area contributed by atoms with Crippen LogP contribution in [0, 0.1) is 0 Å². The predicted octanol–water partition coefficient (Wildman–Crippen LogP) is 4.19. The molecule has 0 aliphatic carbocycles. The van der Waals surface area contributed by atoms with Gasteiger partial charge in [0.05, 0.1) is 26.7 Å². The van der Waals surface area contributed by atoms with Crippen molar-refractivity contribution >= 4 is 53.3 Å². The van der Waals surface area contributed by atoms with Gasteiger partial charge in [-0.2, -0.15) is 16.8 Å². The third-order valence-corrected chi connectivity index (χ3v) is 7.93. The highest BCUT2D eigenvalue weighted by molar-refractivity contribution is 7.86. The minimum absolute atomic E-state index is 0.0787. The van der Waals surface area contributed by atoms with Gasteiger partial charge in [0.2, 0.25) is 0 Å².